The Balaban J connectivity index is 1.34. The predicted octanol–water partition coefficient (Wildman–Crippen LogP) is 4.96. The number of rotatable bonds is 4. The Kier molecular flexibility index (Phi) is 5.72. The summed E-state index contributed by atoms with van der Waals surface area (Å²) in [5, 5.41) is 15.2. The van der Waals surface area contributed by atoms with Gasteiger partial charge in [-0.25, -0.2) is 9.97 Å². The van der Waals surface area contributed by atoms with E-state index in [-0.39, 0.29) is 11.5 Å². The highest BCUT2D eigenvalue weighted by molar-refractivity contribution is 7.16. The minimum absolute atomic E-state index is 0.0226. The zero-order valence-electron chi connectivity index (χ0n) is 22.7. The second kappa shape index (κ2) is 9.07. The van der Waals surface area contributed by atoms with Gasteiger partial charge in [0.1, 0.15) is 34.1 Å². The Hall–Kier alpha value is -3.42. The van der Waals surface area contributed by atoms with Gasteiger partial charge in [0.05, 0.1) is 23.0 Å². The molecular weight excluding hydrogens is 510 g/mol. The summed E-state index contributed by atoms with van der Waals surface area (Å²) in [7, 11) is 4.14. The molecule has 3 unspecified atom stereocenters. The predicted molar refractivity (Wildman–Crippen MR) is 150 cm³/mol. The fourth-order valence-corrected chi connectivity index (χ4v) is 8.55. The fraction of sp³-hybridized carbons (Fsp3) is 0.517. The molecule has 2 N–H and O–H groups in total. The molecule has 39 heavy (non-hydrogen) atoms. The van der Waals surface area contributed by atoms with Gasteiger partial charge in [-0.05, 0) is 77.4 Å². The topological polar surface area (TPSA) is 119 Å². The second-order valence-corrected chi connectivity index (χ2v) is 12.6. The average Bonchev–Trinajstić information content (AvgIpc) is 3.70. The van der Waals surface area contributed by atoms with Crippen LogP contribution < -0.4 is 10.5 Å². The van der Waals surface area contributed by atoms with Gasteiger partial charge < -0.3 is 19.6 Å². The minimum Gasteiger partial charge on any atom is -0.487 e. The van der Waals surface area contributed by atoms with Gasteiger partial charge in [-0.15, -0.1) is 11.3 Å². The SMILES string of the molecule is CC(Oc1cc(-c2noc3c2CCCC32CCCc3sc(N)c(C#N)c32)nc2ncn(C)c12)C1CCCN1C. The minimum atomic E-state index is -0.360. The first-order chi connectivity index (χ1) is 18.9. The van der Waals surface area contributed by atoms with E-state index in [2.05, 4.69) is 35.1 Å². The van der Waals surface area contributed by atoms with Crippen molar-refractivity contribution in [3.05, 3.63) is 39.7 Å². The molecule has 0 amide bonds. The number of nitrogen functional groups attached to an aromatic ring is 1. The van der Waals surface area contributed by atoms with Crippen molar-refractivity contribution in [1.82, 2.24) is 24.6 Å². The summed E-state index contributed by atoms with van der Waals surface area (Å²) in [5.74, 6) is 1.65. The summed E-state index contributed by atoms with van der Waals surface area (Å²) in [4.78, 5) is 13.1. The summed E-state index contributed by atoms with van der Waals surface area (Å²) in [6.45, 7) is 3.25. The Bertz CT molecular complexity index is 1620. The lowest BCUT2D eigenvalue weighted by Gasteiger charge is -2.39. The Labute approximate surface area is 231 Å². The monoisotopic (exact) mass is 543 g/mol. The van der Waals surface area contributed by atoms with Crippen molar-refractivity contribution in [3.8, 4) is 23.2 Å². The number of fused-ring (bicyclic) bond motifs is 5. The molecule has 4 aromatic rings. The molecule has 1 aliphatic heterocycles. The first-order valence-electron chi connectivity index (χ1n) is 13.9. The molecule has 1 fully saturated rings. The number of aromatic nitrogens is 4. The lowest BCUT2D eigenvalue weighted by Crippen LogP contribution is -2.38. The van der Waals surface area contributed by atoms with E-state index in [1.54, 1.807) is 17.7 Å². The van der Waals surface area contributed by atoms with Crippen LogP contribution in [0.5, 0.6) is 5.75 Å². The van der Waals surface area contributed by atoms with Gasteiger partial charge in [-0.2, -0.15) is 5.26 Å². The third-order valence-corrected chi connectivity index (χ3v) is 10.3. The number of likely N-dealkylation sites (N-methyl/N-ethyl adjacent to an activating group) is 1. The van der Waals surface area contributed by atoms with Crippen LogP contribution in [0.1, 0.15) is 72.8 Å². The Morgan fingerprint density at radius 3 is 2.85 bits per heavy atom. The fourth-order valence-electron chi connectivity index (χ4n) is 7.38. The highest BCUT2D eigenvalue weighted by atomic mass is 32.1. The second-order valence-electron chi connectivity index (χ2n) is 11.4. The van der Waals surface area contributed by atoms with E-state index in [1.807, 2.05) is 17.7 Å². The van der Waals surface area contributed by atoms with Gasteiger partial charge in [0.25, 0.3) is 0 Å². The molecule has 0 aromatic carbocycles. The molecule has 5 heterocycles. The number of likely N-dealkylation sites (tertiary alicyclic amines) is 1. The van der Waals surface area contributed by atoms with E-state index in [9.17, 15) is 5.26 Å². The molecule has 10 heteroatoms. The molecule has 0 radical (unpaired) electrons. The number of aryl methyl sites for hydroxylation is 2. The van der Waals surface area contributed by atoms with Crippen molar-refractivity contribution in [1.29, 1.82) is 5.26 Å². The third kappa shape index (κ3) is 3.63. The largest absolute Gasteiger partial charge is 0.487 e. The van der Waals surface area contributed by atoms with Gasteiger partial charge in [-0.1, -0.05) is 5.16 Å². The quantitative estimate of drug-likeness (QED) is 0.384. The highest BCUT2D eigenvalue weighted by Crippen LogP contribution is 2.55. The van der Waals surface area contributed by atoms with E-state index >= 15 is 0 Å². The van der Waals surface area contributed by atoms with Crippen LogP contribution in [0.15, 0.2) is 16.9 Å². The van der Waals surface area contributed by atoms with Crippen LogP contribution in [-0.4, -0.2) is 50.3 Å². The molecule has 1 saturated heterocycles. The number of nitrogens with zero attached hydrogens (tertiary/aromatic N) is 6. The lowest BCUT2D eigenvalue weighted by atomic mass is 9.63. The van der Waals surface area contributed by atoms with Crippen LogP contribution in [0.2, 0.25) is 0 Å². The van der Waals surface area contributed by atoms with Gasteiger partial charge in [0.15, 0.2) is 11.4 Å². The number of hydrogen-bond donors (Lipinski definition) is 1. The van der Waals surface area contributed by atoms with Crippen LogP contribution in [-0.2, 0) is 25.3 Å². The summed E-state index contributed by atoms with van der Waals surface area (Å²) in [6.07, 6.45) is 9.82. The van der Waals surface area contributed by atoms with Gasteiger partial charge >= 0.3 is 0 Å². The van der Waals surface area contributed by atoms with Gasteiger partial charge in [-0.3, -0.25) is 4.90 Å². The van der Waals surface area contributed by atoms with E-state index in [0.29, 0.717) is 27.9 Å². The van der Waals surface area contributed by atoms with E-state index in [1.165, 1.54) is 11.3 Å². The molecule has 1 spiro atoms. The number of ether oxygens (including phenoxy) is 1. The van der Waals surface area contributed by atoms with Gasteiger partial charge in [0, 0.05) is 29.6 Å². The van der Waals surface area contributed by atoms with E-state index in [0.717, 1.165) is 85.3 Å². The molecule has 202 valence electrons. The Morgan fingerprint density at radius 2 is 2.08 bits per heavy atom. The molecule has 4 aromatic heterocycles. The number of anilines is 1. The standard InChI is InChI=1S/C29H33N7O2S/c1-16(20-8-6-12-35(20)2)37-21-13-19(33-28-25(21)36(3)15-32-28)24-17-7-4-10-29(26(17)38-34-24)11-5-9-22-23(29)18(14-30)27(31)39-22/h13,15-16,20H,4-12,31H2,1-3H3. The molecule has 7 rings (SSSR count). The highest BCUT2D eigenvalue weighted by Gasteiger charge is 2.48. The van der Waals surface area contributed by atoms with Gasteiger partial charge in [0.2, 0.25) is 0 Å². The number of nitriles is 1. The molecule has 0 bridgehead atoms. The van der Waals surface area contributed by atoms with E-state index in [4.69, 9.17) is 20.0 Å². The van der Waals surface area contributed by atoms with Crippen molar-refractivity contribution in [2.45, 2.75) is 75.9 Å². The van der Waals surface area contributed by atoms with Crippen LogP contribution in [0.3, 0.4) is 0 Å². The molecular formula is C29H33N7O2S. The van der Waals surface area contributed by atoms with Crippen LogP contribution in [0.25, 0.3) is 22.6 Å². The summed E-state index contributed by atoms with van der Waals surface area (Å²) >= 11 is 1.56. The summed E-state index contributed by atoms with van der Waals surface area (Å²) < 4.78 is 14.8. The molecule has 9 nitrogen and oxygen atoms in total. The number of nitrogens with two attached hydrogens (primary N) is 1. The number of hydrogen-bond acceptors (Lipinski definition) is 9. The maximum Gasteiger partial charge on any atom is 0.182 e. The third-order valence-electron chi connectivity index (χ3n) is 9.18. The van der Waals surface area contributed by atoms with Crippen molar-refractivity contribution >= 4 is 27.5 Å². The Morgan fingerprint density at radius 1 is 1.26 bits per heavy atom. The first-order valence-corrected chi connectivity index (χ1v) is 14.7. The number of thiophene rings is 1. The zero-order valence-corrected chi connectivity index (χ0v) is 23.5. The average molecular weight is 544 g/mol. The summed E-state index contributed by atoms with van der Waals surface area (Å²) in [6, 6.07) is 4.78. The maximum absolute atomic E-state index is 10.0. The molecule has 2 aliphatic carbocycles. The maximum atomic E-state index is 10.0. The summed E-state index contributed by atoms with van der Waals surface area (Å²) in [5.41, 5.74) is 11.7. The van der Waals surface area contributed by atoms with Crippen LogP contribution in [0.4, 0.5) is 5.00 Å². The molecule has 3 aliphatic rings. The van der Waals surface area contributed by atoms with Crippen molar-refractivity contribution < 1.29 is 9.26 Å². The van der Waals surface area contributed by atoms with E-state index < -0.39 is 0 Å². The van der Waals surface area contributed by atoms with Crippen LogP contribution >= 0.6 is 11.3 Å². The van der Waals surface area contributed by atoms with Crippen LogP contribution in [0, 0.1) is 11.3 Å². The molecule has 0 saturated carbocycles. The zero-order chi connectivity index (χ0) is 26.9. The smallest absolute Gasteiger partial charge is 0.182 e. The van der Waals surface area contributed by atoms with Crippen molar-refractivity contribution in [2.75, 3.05) is 19.3 Å². The number of imidazole rings is 1. The first kappa shape index (κ1) is 24.6. The number of pyridine rings is 1. The normalized spacial score (nSPS) is 23.6. The van der Waals surface area contributed by atoms with Crippen molar-refractivity contribution in [2.24, 2.45) is 7.05 Å². The molecule has 3 atom stereocenters. The van der Waals surface area contributed by atoms with Crippen molar-refractivity contribution in [3.63, 3.8) is 0 Å². The lowest BCUT2D eigenvalue weighted by molar-refractivity contribution is 0.122.